The first-order chi connectivity index (χ1) is 27.2. The van der Waals surface area contributed by atoms with E-state index in [2.05, 4.69) is 63.0 Å². The molecular weight excluding hydrogens is 794 g/mol. The van der Waals surface area contributed by atoms with Gasteiger partial charge in [0.25, 0.3) is 5.56 Å². The van der Waals surface area contributed by atoms with Gasteiger partial charge in [-0.2, -0.15) is 0 Å². The maximum Gasteiger partial charge on any atom is 0.343 e. The molecule has 0 radical (unpaired) electrons. The van der Waals surface area contributed by atoms with Crippen LogP contribution in [-0.4, -0.2) is 48.0 Å². The molecule has 0 aliphatic carbocycles. The van der Waals surface area contributed by atoms with Crippen molar-refractivity contribution in [3.63, 3.8) is 0 Å². The van der Waals surface area contributed by atoms with Crippen LogP contribution in [0.4, 0.5) is 0 Å². The normalized spacial score (nSPS) is 13.9. The summed E-state index contributed by atoms with van der Waals surface area (Å²) in [4.78, 5) is 45.6. The Morgan fingerprint density at radius 3 is 2.21 bits per heavy atom. The van der Waals surface area contributed by atoms with Gasteiger partial charge in [0.05, 0.1) is 53.6 Å². The molecule has 1 aliphatic rings. The summed E-state index contributed by atoms with van der Waals surface area (Å²) in [5, 5.41) is 0. The van der Waals surface area contributed by atoms with Crippen molar-refractivity contribution in [1.82, 2.24) is 9.13 Å². The molecule has 2 aromatic heterocycles. The molecule has 7 rings (SSSR count). The van der Waals surface area contributed by atoms with E-state index < -0.39 is 18.0 Å². The molecule has 4 aromatic carbocycles. The number of methoxy groups -OCH3 is 1. The third-order valence-electron chi connectivity index (χ3n) is 9.19. The SMILES string of the molecule is CCOC(=O)C1=C(C)N=c2s/c(=C/c3cc(-c4ccccc4)n(-c4ccc(Br)cc4)c3-c3ccccc3)c(=O)n2[C@H]1c1ccc(OCC(=O)OC)c(OCC)c1. The van der Waals surface area contributed by atoms with Crippen LogP contribution in [0.1, 0.15) is 37.9 Å². The van der Waals surface area contributed by atoms with Gasteiger partial charge in [-0.25, -0.2) is 14.6 Å². The number of aromatic nitrogens is 2. The number of hydrogen-bond acceptors (Lipinski definition) is 9. The second-order valence-corrected chi connectivity index (χ2v) is 14.6. The highest BCUT2D eigenvalue weighted by Gasteiger charge is 2.34. The van der Waals surface area contributed by atoms with E-state index in [0.29, 0.717) is 38.7 Å². The first-order valence-corrected chi connectivity index (χ1v) is 19.6. The van der Waals surface area contributed by atoms with Crippen LogP contribution in [0, 0.1) is 0 Å². The Balaban J connectivity index is 1.46. The molecule has 284 valence electrons. The fourth-order valence-corrected chi connectivity index (χ4v) is 8.04. The van der Waals surface area contributed by atoms with Crippen LogP contribution in [0.15, 0.2) is 135 Å². The zero-order valence-electron chi connectivity index (χ0n) is 31.2. The van der Waals surface area contributed by atoms with Gasteiger partial charge in [-0.1, -0.05) is 94.0 Å². The number of hydrogen-bond donors (Lipinski definition) is 0. The van der Waals surface area contributed by atoms with Gasteiger partial charge in [-0.3, -0.25) is 9.36 Å². The summed E-state index contributed by atoms with van der Waals surface area (Å²) in [6, 6.07) is 34.7. The third-order valence-corrected chi connectivity index (χ3v) is 10.7. The highest BCUT2D eigenvalue weighted by atomic mass is 79.9. The molecule has 0 bridgehead atoms. The fourth-order valence-electron chi connectivity index (χ4n) is 6.74. The van der Waals surface area contributed by atoms with Crippen molar-refractivity contribution < 1.29 is 28.5 Å². The topological polar surface area (TPSA) is 110 Å². The Labute approximate surface area is 335 Å². The van der Waals surface area contributed by atoms with E-state index in [1.165, 1.54) is 18.4 Å². The quantitative estimate of drug-likeness (QED) is 0.117. The number of esters is 2. The molecule has 1 atom stereocenters. The minimum Gasteiger partial charge on any atom is -0.490 e. The van der Waals surface area contributed by atoms with Gasteiger partial charge in [0.1, 0.15) is 0 Å². The van der Waals surface area contributed by atoms with E-state index in [4.69, 9.17) is 23.9 Å². The molecule has 56 heavy (non-hydrogen) atoms. The number of carbonyl (C=O) groups excluding carboxylic acids is 2. The Morgan fingerprint density at radius 1 is 0.857 bits per heavy atom. The van der Waals surface area contributed by atoms with Crippen molar-refractivity contribution in [1.29, 1.82) is 0 Å². The zero-order valence-corrected chi connectivity index (χ0v) is 33.6. The lowest BCUT2D eigenvalue weighted by atomic mass is 9.95. The van der Waals surface area contributed by atoms with Crippen LogP contribution >= 0.6 is 27.3 Å². The molecule has 3 heterocycles. The van der Waals surface area contributed by atoms with E-state index in [9.17, 15) is 14.4 Å². The summed E-state index contributed by atoms with van der Waals surface area (Å²) in [6.45, 7) is 5.41. The smallest absolute Gasteiger partial charge is 0.343 e. The molecule has 6 aromatic rings. The Bertz CT molecular complexity index is 2630. The summed E-state index contributed by atoms with van der Waals surface area (Å²) in [6.07, 6.45) is 1.91. The van der Waals surface area contributed by atoms with Crippen LogP contribution in [0.3, 0.4) is 0 Å². The van der Waals surface area contributed by atoms with Crippen molar-refractivity contribution >= 4 is 45.3 Å². The summed E-state index contributed by atoms with van der Waals surface area (Å²) in [7, 11) is 1.28. The summed E-state index contributed by atoms with van der Waals surface area (Å²) in [5.41, 5.74) is 6.51. The number of rotatable bonds is 12. The third kappa shape index (κ3) is 7.62. The van der Waals surface area contributed by atoms with Crippen molar-refractivity contribution in [3.05, 3.63) is 156 Å². The van der Waals surface area contributed by atoms with Gasteiger partial charge < -0.3 is 23.5 Å². The van der Waals surface area contributed by atoms with Gasteiger partial charge >= 0.3 is 11.9 Å². The van der Waals surface area contributed by atoms with E-state index in [0.717, 1.165) is 38.2 Å². The molecule has 0 unspecified atom stereocenters. The molecule has 12 heteroatoms. The molecule has 0 spiro atoms. The van der Waals surface area contributed by atoms with Gasteiger partial charge in [0.15, 0.2) is 22.9 Å². The van der Waals surface area contributed by atoms with E-state index >= 15 is 0 Å². The van der Waals surface area contributed by atoms with Crippen LogP contribution in [0.5, 0.6) is 11.5 Å². The van der Waals surface area contributed by atoms with E-state index in [1.807, 2.05) is 61.5 Å². The second kappa shape index (κ2) is 16.8. The minimum absolute atomic E-state index is 0.138. The molecular formula is C44H38BrN3O7S. The highest BCUT2D eigenvalue weighted by Crippen LogP contribution is 2.38. The Kier molecular flexibility index (Phi) is 11.5. The number of ether oxygens (including phenoxy) is 4. The van der Waals surface area contributed by atoms with Crippen molar-refractivity contribution in [2.24, 2.45) is 4.99 Å². The molecule has 0 saturated heterocycles. The Morgan fingerprint density at radius 2 is 1.55 bits per heavy atom. The predicted molar refractivity (Wildman–Crippen MR) is 220 cm³/mol. The van der Waals surface area contributed by atoms with Gasteiger partial charge in [-0.15, -0.1) is 0 Å². The molecule has 1 aliphatic heterocycles. The lowest BCUT2D eigenvalue weighted by Gasteiger charge is -2.25. The van der Waals surface area contributed by atoms with Gasteiger partial charge in [-0.05, 0) is 86.0 Å². The minimum atomic E-state index is -0.901. The van der Waals surface area contributed by atoms with Crippen LogP contribution < -0.4 is 24.4 Å². The molecule has 10 nitrogen and oxygen atoms in total. The maximum absolute atomic E-state index is 14.8. The first-order valence-electron chi connectivity index (χ1n) is 18.0. The summed E-state index contributed by atoms with van der Waals surface area (Å²) < 4.78 is 27.0. The first kappa shape index (κ1) is 38.3. The standard InChI is InChI=1S/C44H38BrN3O7S/c1-5-53-36-24-30(17-22-35(36)55-26-38(49)52-4)41-39(43(51)54-6-2)27(3)46-44-48(41)42(50)37(56-44)25-31-23-34(28-13-9-7-10-14-28)47(33-20-18-32(45)19-21-33)40(31)29-15-11-8-12-16-29/h7-25,41H,5-6,26H2,1-4H3/b37-25+/t41-/m0/s1. The van der Waals surface area contributed by atoms with Crippen molar-refractivity contribution in [2.45, 2.75) is 26.8 Å². The van der Waals surface area contributed by atoms with Crippen molar-refractivity contribution in [3.8, 4) is 39.7 Å². The average molecular weight is 833 g/mol. The lowest BCUT2D eigenvalue weighted by Crippen LogP contribution is -2.40. The van der Waals surface area contributed by atoms with Gasteiger partial charge in [0.2, 0.25) is 0 Å². The van der Waals surface area contributed by atoms with Crippen LogP contribution in [0.2, 0.25) is 0 Å². The fraction of sp³-hybridized carbons (Fsp3) is 0.182. The monoisotopic (exact) mass is 831 g/mol. The maximum atomic E-state index is 14.8. The zero-order chi connectivity index (χ0) is 39.3. The molecule has 0 amide bonds. The number of allylic oxidation sites excluding steroid dienone is 1. The number of carbonyl (C=O) groups is 2. The van der Waals surface area contributed by atoms with Gasteiger partial charge in [0, 0.05) is 15.7 Å². The highest BCUT2D eigenvalue weighted by molar-refractivity contribution is 9.10. The van der Waals surface area contributed by atoms with E-state index in [1.54, 1.807) is 36.6 Å². The lowest BCUT2D eigenvalue weighted by molar-refractivity contribution is -0.143. The van der Waals surface area contributed by atoms with Crippen molar-refractivity contribution in [2.75, 3.05) is 26.9 Å². The molecule has 0 N–H and O–H groups in total. The Hall–Kier alpha value is -5.98. The number of nitrogens with zero attached hydrogens (tertiary/aromatic N) is 3. The van der Waals surface area contributed by atoms with E-state index in [-0.39, 0.29) is 24.3 Å². The molecule has 0 fully saturated rings. The van der Waals surface area contributed by atoms with Crippen LogP contribution in [-0.2, 0) is 19.1 Å². The number of benzene rings is 4. The summed E-state index contributed by atoms with van der Waals surface area (Å²) in [5.74, 6) is -0.485. The largest absolute Gasteiger partial charge is 0.490 e. The average Bonchev–Trinajstić information content (AvgIpc) is 3.74. The summed E-state index contributed by atoms with van der Waals surface area (Å²) >= 11 is 4.83. The number of thiazole rings is 1. The predicted octanol–water partition coefficient (Wildman–Crippen LogP) is 7.64. The van der Waals surface area contributed by atoms with Crippen LogP contribution in [0.25, 0.3) is 34.3 Å². The number of fused-ring (bicyclic) bond motifs is 1. The molecule has 0 saturated carbocycles. The second-order valence-electron chi connectivity index (χ2n) is 12.7. The number of halogens is 1.